The third-order valence-electron chi connectivity index (χ3n) is 2.58. The molecule has 16 heavy (non-hydrogen) atoms. The van der Waals surface area contributed by atoms with E-state index in [9.17, 15) is 0 Å². The minimum atomic E-state index is 0.260. The molecule has 0 aromatic carbocycles. The first-order valence-corrected chi connectivity index (χ1v) is 5.82. The molecule has 90 valence electrons. The van der Waals surface area contributed by atoms with Crippen molar-refractivity contribution in [1.29, 1.82) is 0 Å². The molecule has 0 aromatic rings. The zero-order valence-corrected chi connectivity index (χ0v) is 10.8. The summed E-state index contributed by atoms with van der Waals surface area (Å²) in [4.78, 5) is 0. The Morgan fingerprint density at radius 3 is 2.94 bits per heavy atom. The van der Waals surface area contributed by atoms with Crippen molar-refractivity contribution in [3.63, 3.8) is 0 Å². The topological polar surface area (TPSA) is 47.3 Å². The maximum Gasteiger partial charge on any atom is 0.0992 e. The van der Waals surface area contributed by atoms with Crippen LogP contribution in [0.25, 0.3) is 0 Å². The van der Waals surface area contributed by atoms with Crippen molar-refractivity contribution >= 4 is 11.6 Å². The van der Waals surface area contributed by atoms with E-state index in [1.807, 2.05) is 13.8 Å². The summed E-state index contributed by atoms with van der Waals surface area (Å²) in [5.74, 6) is 1.83. The first-order chi connectivity index (χ1) is 7.58. The molecule has 0 saturated heterocycles. The normalized spacial score (nSPS) is 21.9. The highest BCUT2D eigenvalue weighted by molar-refractivity contribution is 6.18. The molecular weight excluding hydrogens is 224 g/mol. The Bertz CT molecular complexity index is 341. The van der Waals surface area contributed by atoms with Gasteiger partial charge in [-0.3, -0.25) is 0 Å². The Morgan fingerprint density at radius 2 is 2.44 bits per heavy atom. The van der Waals surface area contributed by atoms with Gasteiger partial charge in [0.25, 0.3) is 0 Å². The van der Waals surface area contributed by atoms with Gasteiger partial charge in [-0.15, -0.1) is 11.6 Å². The van der Waals surface area contributed by atoms with Gasteiger partial charge in [0, 0.05) is 35.8 Å². The number of ether oxygens (including phenoxy) is 1. The summed E-state index contributed by atoms with van der Waals surface area (Å²) >= 11 is 5.95. The molecular formula is C12H19ClN2O. The third kappa shape index (κ3) is 3.20. The first-order valence-electron chi connectivity index (χ1n) is 5.28. The molecule has 0 radical (unpaired) electrons. The van der Waals surface area contributed by atoms with Gasteiger partial charge in [0.1, 0.15) is 0 Å². The summed E-state index contributed by atoms with van der Waals surface area (Å²) in [5.41, 5.74) is 8.56. The minimum absolute atomic E-state index is 0.260. The number of allylic oxidation sites excluding steroid dienone is 5. The van der Waals surface area contributed by atoms with E-state index in [-0.39, 0.29) is 5.92 Å². The Balaban J connectivity index is 2.87. The van der Waals surface area contributed by atoms with Crippen LogP contribution in [0.3, 0.4) is 0 Å². The van der Waals surface area contributed by atoms with Crippen molar-refractivity contribution in [3.8, 4) is 0 Å². The second-order valence-corrected chi connectivity index (χ2v) is 4.31. The molecule has 0 spiro atoms. The molecule has 0 aromatic heterocycles. The van der Waals surface area contributed by atoms with E-state index in [1.165, 1.54) is 0 Å². The molecule has 4 heteroatoms. The molecule has 3 nitrogen and oxygen atoms in total. The monoisotopic (exact) mass is 242 g/mol. The Morgan fingerprint density at radius 1 is 1.75 bits per heavy atom. The van der Waals surface area contributed by atoms with Gasteiger partial charge in [-0.25, -0.2) is 0 Å². The lowest BCUT2D eigenvalue weighted by atomic mass is 9.93. The third-order valence-corrected chi connectivity index (χ3v) is 2.96. The van der Waals surface area contributed by atoms with Crippen molar-refractivity contribution in [1.82, 2.24) is 5.32 Å². The van der Waals surface area contributed by atoms with Crippen LogP contribution in [0.2, 0.25) is 0 Å². The number of alkyl halides is 1. The van der Waals surface area contributed by atoms with Crippen molar-refractivity contribution in [3.05, 3.63) is 35.0 Å². The zero-order valence-electron chi connectivity index (χ0n) is 10.0. The van der Waals surface area contributed by atoms with Gasteiger partial charge in [0.05, 0.1) is 12.9 Å². The van der Waals surface area contributed by atoms with Gasteiger partial charge in [-0.2, -0.15) is 0 Å². The van der Waals surface area contributed by atoms with Crippen LogP contribution in [-0.4, -0.2) is 13.0 Å². The molecule has 1 aliphatic carbocycles. The highest BCUT2D eigenvalue weighted by Gasteiger charge is 2.21. The second kappa shape index (κ2) is 5.85. The summed E-state index contributed by atoms with van der Waals surface area (Å²) < 4.78 is 5.32. The van der Waals surface area contributed by atoms with E-state index in [1.54, 1.807) is 13.3 Å². The molecule has 1 unspecified atom stereocenters. The second-order valence-electron chi connectivity index (χ2n) is 4.00. The lowest BCUT2D eigenvalue weighted by Gasteiger charge is -2.25. The lowest BCUT2D eigenvalue weighted by molar-refractivity contribution is 0.260. The molecule has 0 fully saturated rings. The molecule has 1 atom stereocenters. The van der Waals surface area contributed by atoms with E-state index in [0.717, 1.165) is 29.1 Å². The Hall–Kier alpha value is -1.09. The maximum atomic E-state index is 5.95. The number of rotatable bonds is 4. The van der Waals surface area contributed by atoms with Crippen LogP contribution in [0.15, 0.2) is 35.0 Å². The fraction of sp³-hybridized carbons (Fsp3) is 0.500. The summed E-state index contributed by atoms with van der Waals surface area (Å²) in [5, 5.41) is 3.20. The van der Waals surface area contributed by atoms with Crippen LogP contribution in [0, 0.1) is 5.92 Å². The first kappa shape index (κ1) is 13.0. The number of methoxy groups -OCH3 is 1. The van der Waals surface area contributed by atoms with Crippen molar-refractivity contribution in [2.75, 3.05) is 13.0 Å². The van der Waals surface area contributed by atoms with Gasteiger partial charge in [-0.05, 0) is 25.5 Å². The molecule has 0 amide bonds. The van der Waals surface area contributed by atoms with E-state index in [0.29, 0.717) is 5.88 Å². The summed E-state index contributed by atoms with van der Waals surface area (Å²) in [6.45, 7) is 3.87. The van der Waals surface area contributed by atoms with Gasteiger partial charge in [-0.1, -0.05) is 0 Å². The largest absolute Gasteiger partial charge is 0.501 e. The predicted octanol–water partition coefficient (Wildman–Crippen LogP) is 2.46. The lowest BCUT2D eigenvalue weighted by Crippen LogP contribution is -2.22. The van der Waals surface area contributed by atoms with Crippen molar-refractivity contribution < 1.29 is 4.74 Å². The predicted molar refractivity (Wildman–Crippen MR) is 67.7 cm³/mol. The number of nitrogens with one attached hydrogen (secondary N) is 1. The van der Waals surface area contributed by atoms with E-state index in [2.05, 4.69) is 11.4 Å². The van der Waals surface area contributed by atoms with Gasteiger partial charge < -0.3 is 15.8 Å². The van der Waals surface area contributed by atoms with Crippen molar-refractivity contribution in [2.24, 2.45) is 11.7 Å². The fourth-order valence-electron chi connectivity index (χ4n) is 1.67. The average Bonchev–Trinajstić information content (AvgIpc) is 2.26. The van der Waals surface area contributed by atoms with Gasteiger partial charge in [0.2, 0.25) is 0 Å². The Kier molecular flexibility index (Phi) is 4.74. The summed E-state index contributed by atoms with van der Waals surface area (Å²) in [6.07, 6.45) is 4.69. The number of hydrogen-bond donors (Lipinski definition) is 2. The summed E-state index contributed by atoms with van der Waals surface area (Å²) in [6, 6.07) is 0. The maximum absolute atomic E-state index is 5.95. The average molecular weight is 243 g/mol. The molecule has 0 heterocycles. The highest BCUT2D eigenvalue weighted by Crippen LogP contribution is 2.29. The fourth-order valence-corrected chi connectivity index (χ4v) is 1.94. The molecule has 3 N–H and O–H groups in total. The van der Waals surface area contributed by atoms with Crippen LogP contribution < -0.4 is 11.1 Å². The van der Waals surface area contributed by atoms with Gasteiger partial charge >= 0.3 is 0 Å². The van der Waals surface area contributed by atoms with E-state index >= 15 is 0 Å². The number of nitrogens with two attached hydrogens (primary N) is 1. The van der Waals surface area contributed by atoms with Crippen molar-refractivity contribution in [2.45, 2.75) is 20.3 Å². The van der Waals surface area contributed by atoms with E-state index in [4.69, 9.17) is 22.1 Å². The standard InChI is InChI=1S/C12H19ClN2O/c1-8-4-11(15-7-9(2)14)10(6-13)5-12(8)16-3/h4,7,10,15H,5-6,14H2,1-3H3/b9-7+. The quantitative estimate of drug-likeness (QED) is 0.745. The van der Waals surface area contributed by atoms with E-state index < -0.39 is 0 Å². The summed E-state index contributed by atoms with van der Waals surface area (Å²) in [7, 11) is 1.69. The highest BCUT2D eigenvalue weighted by atomic mass is 35.5. The zero-order chi connectivity index (χ0) is 12.1. The van der Waals surface area contributed by atoms with Crippen LogP contribution >= 0.6 is 11.6 Å². The smallest absolute Gasteiger partial charge is 0.0992 e. The van der Waals surface area contributed by atoms with Crippen LogP contribution in [0.5, 0.6) is 0 Å². The molecule has 1 aliphatic rings. The molecule has 1 rings (SSSR count). The van der Waals surface area contributed by atoms with Crippen LogP contribution in [0.4, 0.5) is 0 Å². The molecule has 0 bridgehead atoms. The SMILES string of the molecule is COC1=C(C)C=C(N/C=C(\C)N)C(CCl)C1. The number of halogens is 1. The minimum Gasteiger partial charge on any atom is -0.501 e. The van der Waals surface area contributed by atoms with Crippen LogP contribution in [-0.2, 0) is 4.74 Å². The Labute approximate surface area is 102 Å². The molecule has 0 aliphatic heterocycles. The van der Waals surface area contributed by atoms with Crippen LogP contribution in [0.1, 0.15) is 20.3 Å². The van der Waals surface area contributed by atoms with Gasteiger partial charge in [0.15, 0.2) is 0 Å². The number of hydrogen-bond acceptors (Lipinski definition) is 3. The molecule has 0 saturated carbocycles.